The van der Waals surface area contributed by atoms with Gasteiger partial charge in [-0.15, -0.1) is 0 Å². The molecule has 23 heteroatoms. The third-order valence-corrected chi connectivity index (χ3v) is 7.07. The Hall–Kier alpha value is -5.10. The molecule has 2 aliphatic heterocycles. The fourth-order valence-electron chi connectivity index (χ4n) is 4.59. The number of rotatable bonds is 10. The Morgan fingerprint density at radius 2 is 1.65 bits per heavy atom. The van der Waals surface area contributed by atoms with E-state index >= 15 is 0 Å². The Labute approximate surface area is 273 Å². The first-order chi connectivity index (χ1) is 22.7. The number of aliphatic hydroxyl groups is 3. The van der Waals surface area contributed by atoms with Crippen molar-refractivity contribution in [1.29, 1.82) is 0 Å². The van der Waals surface area contributed by atoms with Gasteiger partial charge in [0.1, 0.15) is 35.9 Å². The molecule has 1 saturated heterocycles. The van der Waals surface area contributed by atoms with E-state index in [-0.39, 0.29) is 24.8 Å². The van der Waals surface area contributed by atoms with Crippen molar-refractivity contribution in [1.82, 2.24) is 42.5 Å². The molecule has 7 atom stereocenters. The number of carbonyl (C=O) groups excluding carboxylic acids is 7. The van der Waals surface area contributed by atoms with Crippen LogP contribution in [0.5, 0.6) is 0 Å². The van der Waals surface area contributed by atoms with Crippen LogP contribution in [-0.4, -0.2) is 132 Å². The van der Waals surface area contributed by atoms with Crippen LogP contribution in [-0.2, 0) is 28.8 Å². The number of nitrogens with one attached hydrogen (secondary N) is 9. The third-order valence-electron chi connectivity index (χ3n) is 7.07. The van der Waals surface area contributed by atoms with Gasteiger partial charge in [0.2, 0.25) is 29.5 Å². The Kier molecular flexibility index (Phi) is 15.4. The summed E-state index contributed by atoms with van der Waals surface area (Å²) in [6.07, 6.45) is 0.372. The van der Waals surface area contributed by atoms with Gasteiger partial charge in [0.25, 0.3) is 5.91 Å². The predicted octanol–water partition coefficient (Wildman–Crippen LogP) is -12.2. The third kappa shape index (κ3) is 12.3. The molecule has 0 saturated carbocycles. The second kappa shape index (κ2) is 18.9. The minimum Gasteiger partial charge on any atom is -0.394 e. The van der Waals surface area contributed by atoms with Gasteiger partial charge < -0.3 is 69.7 Å². The molecule has 268 valence electrons. The zero-order valence-corrected chi connectivity index (χ0v) is 26.0. The molecular formula is C25H46N13O10+3. The van der Waals surface area contributed by atoms with E-state index in [0.717, 1.165) is 0 Å². The average molecular weight is 689 g/mol. The SMILES string of the molecule is NC(=O)N/C=C1\NC(=O)[C@H](CO)NC(=O)[C@H](CO)NC(=O)[C@@H](NC(=O)C[C@@H]([NH3+])CCC[NH3+])CNC(=O)[C@H]([C@H]2C[C@H](O)NC(N)=[NH+]2)NC1=O. The van der Waals surface area contributed by atoms with Crippen molar-refractivity contribution in [2.24, 2.45) is 11.5 Å². The van der Waals surface area contributed by atoms with Gasteiger partial charge in [-0.3, -0.25) is 44.8 Å². The molecule has 0 aliphatic carbocycles. The van der Waals surface area contributed by atoms with E-state index < -0.39 is 103 Å². The highest BCUT2D eigenvalue weighted by atomic mass is 16.3. The number of carbonyl (C=O) groups is 7. The molecule has 0 bridgehead atoms. The fourth-order valence-corrected chi connectivity index (χ4v) is 4.59. The van der Waals surface area contributed by atoms with Crippen molar-refractivity contribution in [3.63, 3.8) is 0 Å². The molecule has 2 rings (SSSR count). The minimum absolute atomic E-state index is 0.103. The molecule has 22 N–H and O–H groups in total. The van der Waals surface area contributed by atoms with Crippen LogP contribution in [0.3, 0.4) is 0 Å². The molecule has 23 nitrogen and oxygen atoms in total. The number of aliphatic hydroxyl groups excluding tert-OH is 3. The van der Waals surface area contributed by atoms with Gasteiger partial charge in [-0.1, -0.05) is 0 Å². The van der Waals surface area contributed by atoms with Crippen molar-refractivity contribution in [3.8, 4) is 0 Å². The summed E-state index contributed by atoms with van der Waals surface area (Å²) in [4.78, 5) is 93.1. The summed E-state index contributed by atoms with van der Waals surface area (Å²) in [7, 11) is 0. The minimum atomic E-state index is -1.77. The Bertz CT molecular complexity index is 1280. The van der Waals surface area contributed by atoms with Crippen LogP contribution < -0.4 is 70.5 Å². The number of nitrogens with two attached hydrogens (primary N) is 2. The summed E-state index contributed by atoms with van der Waals surface area (Å²) in [6.45, 7) is -2.00. The molecule has 0 radical (unpaired) electrons. The maximum absolute atomic E-state index is 13.6. The number of quaternary nitrogens is 2. The maximum Gasteiger partial charge on any atom is 0.343 e. The lowest BCUT2D eigenvalue weighted by Crippen LogP contribution is -2.92. The lowest BCUT2D eigenvalue weighted by Gasteiger charge is -2.29. The molecule has 2 aliphatic rings. The van der Waals surface area contributed by atoms with Crippen molar-refractivity contribution in [2.45, 2.75) is 68.2 Å². The van der Waals surface area contributed by atoms with E-state index in [9.17, 15) is 48.9 Å². The van der Waals surface area contributed by atoms with Gasteiger partial charge in [0, 0.05) is 32.0 Å². The molecule has 1 fully saturated rings. The molecule has 2 heterocycles. The first-order valence-electron chi connectivity index (χ1n) is 14.9. The van der Waals surface area contributed by atoms with Crippen molar-refractivity contribution in [3.05, 3.63) is 11.9 Å². The predicted molar refractivity (Wildman–Crippen MR) is 160 cm³/mol. The summed E-state index contributed by atoms with van der Waals surface area (Å²) in [6, 6.07) is -9.19. The Morgan fingerprint density at radius 3 is 2.25 bits per heavy atom. The normalized spacial score (nSPS) is 27.6. The second-order valence-electron chi connectivity index (χ2n) is 11.0. The van der Waals surface area contributed by atoms with Crippen LogP contribution >= 0.6 is 0 Å². The summed E-state index contributed by atoms with van der Waals surface area (Å²) >= 11 is 0. The fraction of sp³-hybridized carbons (Fsp3) is 0.600. The van der Waals surface area contributed by atoms with E-state index in [1.807, 2.05) is 5.32 Å². The first kappa shape index (κ1) is 39.1. The molecule has 0 aromatic rings. The van der Waals surface area contributed by atoms with Gasteiger partial charge in [-0.25, -0.2) is 4.79 Å². The number of hydrogen-bond acceptors (Lipinski definition) is 12. The van der Waals surface area contributed by atoms with Crippen LogP contribution in [0.2, 0.25) is 0 Å². The zero-order chi connectivity index (χ0) is 36.0. The number of hydrogen-bond donors (Lipinski definition) is 16. The van der Waals surface area contributed by atoms with Crippen LogP contribution in [0.4, 0.5) is 4.79 Å². The number of guanidine groups is 1. The van der Waals surface area contributed by atoms with Gasteiger partial charge in [-0.2, -0.15) is 0 Å². The standard InChI is InChI=1S/C25H43N13O10/c26-3-1-2-10(27)4-16(41)32-12-6-30-23(47)18(11-5-17(42)37-24(28)36-11)38-20(44)13(7-31-25(29)48)33-21(45)14(8-39)35-22(46)15(9-40)34-19(12)43/h7,10-12,14-15,17-18,39-40,42H,1-6,8-9,26-27H2,(H,30,47)(H,32,41)(H,33,45)(H,34,43)(H,35,46)(H,38,44)(H3,28,36,37)(H3,29,31,48)/p+3/b13-7-/t10-,11+,12-,14-,15-,17-,18-/m0/s1. The van der Waals surface area contributed by atoms with Gasteiger partial charge in [0.15, 0.2) is 6.23 Å². The van der Waals surface area contributed by atoms with E-state index in [1.165, 1.54) is 0 Å². The molecular weight excluding hydrogens is 642 g/mol. The number of amides is 8. The Balaban J connectivity index is 2.55. The van der Waals surface area contributed by atoms with Crippen LogP contribution in [0.25, 0.3) is 0 Å². The first-order valence-corrected chi connectivity index (χ1v) is 14.9. The highest BCUT2D eigenvalue weighted by Crippen LogP contribution is 2.05. The van der Waals surface area contributed by atoms with Gasteiger partial charge in [0.05, 0.1) is 32.2 Å². The molecule has 0 spiro atoms. The Morgan fingerprint density at radius 1 is 1.00 bits per heavy atom. The van der Waals surface area contributed by atoms with Gasteiger partial charge >= 0.3 is 12.0 Å². The number of primary amides is 1. The molecule has 0 aromatic carbocycles. The largest absolute Gasteiger partial charge is 0.394 e. The molecule has 48 heavy (non-hydrogen) atoms. The lowest BCUT2D eigenvalue weighted by molar-refractivity contribution is -0.518. The summed E-state index contributed by atoms with van der Waals surface area (Å²) in [5, 5.41) is 48.0. The average Bonchev–Trinajstić information content (AvgIpc) is 3.02. The lowest BCUT2D eigenvalue weighted by atomic mass is 10.0. The number of urea groups is 1. The molecule has 0 unspecified atom stereocenters. The van der Waals surface area contributed by atoms with Crippen LogP contribution in [0, 0.1) is 0 Å². The van der Waals surface area contributed by atoms with E-state index in [4.69, 9.17) is 11.5 Å². The summed E-state index contributed by atoms with van der Waals surface area (Å²) in [5.41, 5.74) is 17.8. The smallest absolute Gasteiger partial charge is 0.343 e. The van der Waals surface area contributed by atoms with E-state index in [2.05, 4.69) is 53.7 Å². The highest BCUT2D eigenvalue weighted by molar-refractivity contribution is 6.02. The van der Waals surface area contributed by atoms with Crippen molar-refractivity contribution in [2.75, 3.05) is 26.3 Å². The summed E-state index contributed by atoms with van der Waals surface area (Å²) in [5.74, 6) is -6.31. The quantitative estimate of drug-likeness (QED) is 0.0951. The van der Waals surface area contributed by atoms with Crippen LogP contribution in [0.1, 0.15) is 25.7 Å². The zero-order valence-electron chi connectivity index (χ0n) is 26.0. The van der Waals surface area contributed by atoms with Gasteiger partial charge in [-0.05, 0) is 0 Å². The van der Waals surface area contributed by atoms with E-state index in [0.29, 0.717) is 25.6 Å². The maximum atomic E-state index is 13.6. The van der Waals surface area contributed by atoms with E-state index in [1.54, 1.807) is 0 Å². The highest BCUT2D eigenvalue weighted by Gasteiger charge is 2.38. The second-order valence-corrected chi connectivity index (χ2v) is 11.0. The monoisotopic (exact) mass is 688 g/mol. The topological polar surface area (TPSA) is 398 Å². The molecule has 8 amide bonds. The summed E-state index contributed by atoms with van der Waals surface area (Å²) < 4.78 is 0. The van der Waals surface area contributed by atoms with Crippen molar-refractivity contribution >= 4 is 47.4 Å². The van der Waals surface area contributed by atoms with Crippen LogP contribution in [0.15, 0.2) is 11.9 Å². The van der Waals surface area contributed by atoms with Crippen molar-refractivity contribution < 1.29 is 65.3 Å². The molecule has 0 aromatic heterocycles.